The minimum Gasteiger partial charge on any atom is -0.465 e. The fourth-order valence-electron chi connectivity index (χ4n) is 1.97. The zero-order chi connectivity index (χ0) is 19.7. The van der Waals surface area contributed by atoms with Crippen molar-refractivity contribution in [2.75, 3.05) is 17.6 Å². The summed E-state index contributed by atoms with van der Waals surface area (Å²) < 4.78 is 70.2. The molecule has 0 saturated heterocycles. The third-order valence-electron chi connectivity index (χ3n) is 3.27. The number of alkyl halides is 3. The third kappa shape index (κ3) is 4.28. The Morgan fingerprint density at radius 1 is 1.19 bits per heavy atom. The van der Waals surface area contributed by atoms with Gasteiger partial charge in [0.05, 0.1) is 29.6 Å². The van der Waals surface area contributed by atoms with Crippen LogP contribution in [0.2, 0.25) is 0 Å². The van der Waals surface area contributed by atoms with Gasteiger partial charge >= 0.3 is 12.1 Å². The summed E-state index contributed by atoms with van der Waals surface area (Å²) in [7, 11) is -3.22. The van der Waals surface area contributed by atoms with Gasteiger partial charge in [-0.3, -0.25) is 4.72 Å². The second-order valence-electron chi connectivity index (χ2n) is 5.04. The number of anilines is 2. The lowest BCUT2D eigenvalue weighted by Crippen LogP contribution is -2.16. The summed E-state index contributed by atoms with van der Waals surface area (Å²) in [6, 6.07) is 5.93. The van der Waals surface area contributed by atoms with Gasteiger partial charge in [-0.25, -0.2) is 13.2 Å². The molecule has 2 aromatic rings. The Balaban J connectivity index is 2.49. The molecule has 0 bridgehead atoms. The molecule has 140 valence electrons. The third-order valence-corrected chi connectivity index (χ3v) is 5.63. The summed E-state index contributed by atoms with van der Waals surface area (Å²) >= 11 is 3.03. The standard InChI is InChI=1S/C15H12BrF3N2O4S/c1-25-14(22)8-2-4-10(16)13(6-8)26(23,24)21-12-7-9(15(17,18)19)3-5-11(12)20/h2-7,21H,20H2,1H3. The Bertz CT molecular complexity index is 962. The average Bonchev–Trinajstić information content (AvgIpc) is 2.55. The number of esters is 1. The summed E-state index contributed by atoms with van der Waals surface area (Å²) in [5.74, 6) is -0.771. The molecular weight excluding hydrogens is 441 g/mol. The normalized spacial score (nSPS) is 11.9. The Kier molecular flexibility index (Phi) is 5.52. The molecule has 2 aromatic carbocycles. The van der Waals surface area contributed by atoms with Crippen molar-refractivity contribution in [3.05, 3.63) is 52.0 Å². The van der Waals surface area contributed by atoms with Crippen molar-refractivity contribution in [2.45, 2.75) is 11.1 Å². The van der Waals surface area contributed by atoms with E-state index in [9.17, 15) is 26.4 Å². The van der Waals surface area contributed by atoms with E-state index in [1.165, 1.54) is 12.1 Å². The Morgan fingerprint density at radius 3 is 2.42 bits per heavy atom. The highest BCUT2D eigenvalue weighted by molar-refractivity contribution is 9.10. The molecule has 0 spiro atoms. The number of nitrogens with one attached hydrogen (secondary N) is 1. The van der Waals surface area contributed by atoms with Gasteiger partial charge in [0.2, 0.25) is 0 Å². The largest absolute Gasteiger partial charge is 0.465 e. The minimum absolute atomic E-state index is 0.0481. The summed E-state index contributed by atoms with van der Waals surface area (Å²) in [4.78, 5) is 11.2. The smallest absolute Gasteiger partial charge is 0.416 e. The number of sulfonamides is 1. The van der Waals surface area contributed by atoms with E-state index in [4.69, 9.17) is 5.73 Å². The Labute approximate surface area is 155 Å². The van der Waals surface area contributed by atoms with Crippen LogP contribution in [-0.2, 0) is 20.9 Å². The number of hydrogen-bond donors (Lipinski definition) is 2. The molecule has 0 saturated carbocycles. The van der Waals surface area contributed by atoms with Crippen LogP contribution in [0, 0.1) is 0 Å². The zero-order valence-electron chi connectivity index (χ0n) is 13.1. The highest BCUT2D eigenvalue weighted by Crippen LogP contribution is 2.34. The maximum Gasteiger partial charge on any atom is 0.416 e. The molecule has 0 aliphatic rings. The maximum atomic E-state index is 12.8. The Morgan fingerprint density at radius 2 is 1.85 bits per heavy atom. The highest BCUT2D eigenvalue weighted by Gasteiger charge is 2.31. The van der Waals surface area contributed by atoms with Gasteiger partial charge < -0.3 is 10.5 Å². The van der Waals surface area contributed by atoms with Crippen LogP contribution in [-0.4, -0.2) is 21.5 Å². The van der Waals surface area contributed by atoms with Crippen molar-refractivity contribution < 1.29 is 31.1 Å². The van der Waals surface area contributed by atoms with Gasteiger partial charge in [0.15, 0.2) is 0 Å². The lowest BCUT2D eigenvalue weighted by atomic mass is 10.2. The van der Waals surface area contributed by atoms with Crippen LogP contribution in [0.5, 0.6) is 0 Å². The van der Waals surface area contributed by atoms with E-state index >= 15 is 0 Å². The molecule has 0 fully saturated rings. The number of hydrogen-bond acceptors (Lipinski definition) is 5. The van der Waals surface area contributed by atoms with Gasteiger partial charge in [0.25, 0.3) is 10.0 Å². The van der Waals surface area contributed by atoms with Crippen LogP contribution in [0.1, 0.15) is 15.9 Å². The van der Waals surface area contributed by atoms with E-state index in [1.54, 1.807) is 0 Å². The molecule has 0 aliphatic carbocycles. The first-order valence-electron chi connectivity index (χ1n) is 6.83. The van der Waals surface area contributed by atoms with E-state index in [2.05, 4.69) is 20.7 Å². The van der Waals surface area contributed by atoms with Crippen LogP contribution >= 0.6 is 15.9 Å². The molecule has 0 amide bonds. The summed E-state index contributed by atoms with van der Waals surface area (Å²) in [5, 5.41) is 0. The van der Waals surface area contributed by atoms with Crippen molar-refractivity contribution in [3.63, 3.8) is 0 Å². The molecule has 0 aromatic heterocycles. The van der Waals surface area contributed by atoms with E-state index in [0.29, 0.717) is 6.07 Å². The van der Waals surface area contributed by atoms with E-state index in [1.807, 2.05) is 4.72 Å². The molecule has 26 heavy (non-hydrogen) atoms. The van der Waals surface area contributed by atoms with Gasteiger partial charge in [-0.2, -0.15) is 13.2 Å². The molecule has 6 nitrogen and oxygen atoms in total. The first kappa shape index (κ1) is 20.0. The SMILES string of the molecule is COC(=O)c1ccc(Br)c(S(=O)(=O)Nc2cc(C(F)(F)F)ccc2N)c1. The van der Waals surface area contributed by atoms with E-state index in [0.717, 1.165) is 25.3 Å². The number of carbonyl (C=O) groups is 1. The highest BCUT2D eigenvalue weighted by atomic mass is 79.9. The molecule has 0 heterocycles. The molecule has 0 radical (unpaired) electrons. The second kappa shape index (κ2) is 7.16. The monoisotopic (exact) mass is 452 g/mol. The molecule has 11 heteroatoms. The molecule has 0 aliphatic heterocycles. The van der Waals surface area contributed by atoms with Crippen molar-refractivity contribution in [1.82, 2.24) is 0 Å². The predicted molar refractivity (Wildman–Crippen MR) is 92.1 cm³/mol. The van der Waals surface area contributed by atoms with Crippen LogP contribution in [0.3, 0.4) is 0 Å². The first-order valence-corrected chi connectivity index (χ1v) is 9.10. The van der Waals surface area contributed by atoms with Gasteiger partial charge in [0, 0.05) is 4.47 Å². The number of rotatable bonds is 4. The van der Waals surface area contributed by atoms with Gasteiger partial charge in [-0.1, -0.05) is 0 Å². The van der Waals surface area contributed by atoms with Crippen molar-refractivity contribution in [1.29, 1.82) is 0 Å². The number of halogens is 4. The Hall–Kier alpha value is -2.27. The lowest BCUT2D eigenvalue weighted by Gasteiger charge is -2.14. The first-order chi connectivity index (χ1) is 12.0. The number of nitrogen functional groups attached to an aromatic ring is 1. The minimum atomic E-state index is -4.67. The molecular formula is C15H12BrF3N2O4S. The summed E-state index contributed by atoms with van der Waals surface area (Å²) in [5.41, 5.74) is 3.84. The van der Waals surface area contributed by atoms with Crippen LogP contribution in [0.15, 0.2) is 45.8 Å². The van der Waals surface area contributed by atoms with Crippen molar-refractivity contribution >= 4 is 43.3 Å². The van der Waals surface area contributed by atoms with Crippen molar-refractivity contribution in [3.8, 4) is 0 Å². The van der Waals surface area contributed by atoms with Crippen LogP contribution in [0.4, 0.5) is 24.5 Å². The van der Waals surface area contributed by atoms with E-state index in [-0.39, 0.29) is 20.6 Å². The number of carbonyl (C=O) groups excluding carboxylic acids is 1. The maximum absolute atomic E-state index is 12.8. The quantitative estimate of drug-likeness (QED) is 0.544. The zero-order valence-corrected chi connectivity index (χ0v) is 15.5. The predicted octanol–water partition coefficient (Wildman–Crippen LogP) is 3.64. The van der Waals surface area contributed by atoms with Crippen LogP contribution in [0.25, 0.3) is 0 Å². The van der Waals surface area contributed by atoms with E-state index < -0.39 is 33.4 Å². The fraction of sp³-hybridized carbons (Fsp3) is 0.133. The topological polar surface area (TPSA) is 98.5 Å². The van der Waals surface area contributed by atoms with Gasteiger partial charge in [-0.15, -0.1) is 0 Å². The van der Waals surface area contributed by atoms with Gasteiger partial charge in [-0.05, 0) is 52.3 Å². The fourth-order valence-corrected chi connectivity index (χ4v) is 4.04. The van der Waals surface area contributed by atoms with Gasteiger partial charge in [0.1, 0.15) is 4.90 Å². The summed E-state index contributed by atoms with van der Waals surface area (Å²) in [6.07, 6.45) is -4.67. The second-order valence-corrected chi connectivity index (χ2v) is 7.55. The number of benzene rings is 2. The lowest BCUT2D eigenvalue weighted by molar-refractivity contribution is -0.137. The summed E-state index contributed by atoms with van der Waals surface area (Å²) in [6.45, 7) is 0. The number of nitrogens with two attached hydrogens (primary N) is 1. The molecule has 2 rings (SSSR count). The van der Waals surface area contributed by atoms with Crippen molar-refractivity contribution in [2.24, 2.45) is 0 Å². The molecule has 3 N–H and O–H groups in total. The molecule has 0 atom stereocenters. The number of ether oxygens (including phenoxy) is 1. The average molecular weight is 453 g/mol. The number of methoxy groups -OCH3 is 1. The van der Waals surface area contributed by atoms with Crippen LogP contribution < -0.4 is 10.5 Å². The molecule has 0 unspecified atom stereocenters.